The summed E-state index contributed by atoms with van der Waals surface area (Å²) in [6, 6.07) is 10.2. The van der Waals surface area contributed by atoms with E-state index in [9.17, 15) is 9.18 Å². The van der Waals surface area contributed by atoms with Gasteiger partial charge in [-0.05, 0) is 58.1 Å². The van der Waals surface area contributed by atoms with E-state index in [0.717, 1.165) is 16.8 Å². The van der Waals surface area contributed by atoms with Crippen molar-refractivity contribution < 1.29 is 9.18 Å². The molecule has 0 saturated carbocycles. The van der Waals surface area contributed by atoms with Crippen molar-refractivity contribution in [2.45, 2.75) is 26.7 Å². The van der Waals surface area contributed by atoms with Crippen LogP contribution in [0.3, 0.4) is 0 Å². The van der Waals surface area contributed by atoms with Crippen molar-refractivity contribution in [2.75, 3.05) is 5.32 Å². The van der Waals surface area contributed by atoms with Crippen molar-refractivity contribution in [1.82, 2.24) is 0 Å². The first-order valence-electron chi connectivity index (χ1n) is 6.76. The molecule has 21 heavy (non-hydrogen) atoms. The Labute approximate surface area is 132 Å². The number of amides is 1. The van der Waals surface area contributed by atoms with Gasteiger partial charge in [0.2, 0.25) is 0 Å². The molecule has 0 atom stereocenters. The predicted octanol–water partition coefficient (Wildman–Crippen LogP) is 5.27. The molecule has 0 aliphatic rings. The van der Waals surface area contributed by atoms with Gasteiger partial charge in [0, 0.05) is 11.3 Å². The second kappa shape index (κ2) is 6.39. The van der Waals surface area contributed by atoms with Gasteiger partial charge < -0.3 is 5.32 Å². The van der Waals surface area contributed by atoms with Gasteiger partial charge in [-0.25, -0.2) is 4.39 Å². The van der Waals surface area contributed by atoms with Crippen molar-refractivity contribution in [3.63, 3.8) is 0 Å². The highest BCUT2D eigenvalue weighted by Gasteiger charge is 2.14. The van der Waals surface area contributed by atoms with E-state index in [4.69, 9.17) is 0 Å². The number of anilines is 1. The van der Waals surface area contributed by atoms with Crippen LogP contribution in [0.5, 0.6) is 0 Å². The largest absolute Gasteiger partial charge is 0.321 e. The predicted molar refractivity (Wildman–Crippen MR) is 87.3 cm³/mol. The van der Waals surface area contributed by atoms with Crippen LogP contribution in [-0.4, -0.2) is 5.91 Å². The zero-order chi connectivity index (χ0) is 15.6. The van der Waals surface area contributed by atoms with Crippen molar-refractivity contribution in [2.24, 2.45) is 0 Å². The molecule has 2 nitrogen and oxygen atoms in total. The zero-order valence-electron chi connectivity index (χ0n) is 12.2. The lowest BCUT2D eigenvalue weighted by Gasteiger charge is -2.16. The van der Waals surface area contributed by atoms with E-state index in [1.165, 1.54) is 18.2 Å². The Morgan fingerprint density at radius 3 is 2.57 bits per heavy atom. The van der Waals surface area contributed by atoms with Gasteiger partial charge >= 0.3 is 0 Å². The third-order valence-electron chi connectivity index (χ3n) is 3.35. The maximum Gasteiger partial charge on any atom is 0.255 e. The van der Waals surface area contributed by atoms with Crippen LogP contribution in [0.4, 0.5) is 10.1 Å². The van der Waals surface area contributed by atoms with Gasteiger partial charge in [0.15, 0.2) is 0 Å². The highest BCUT2D eigenvalue weighted by molar-refractivity contribution is 9.10. The normalized spacial score (nSPS) is 10.8. The molecule has 2 rings (SSSR count). The minimum absolute atomic E-state index is 0.244. The topological polar surface area (TPSA) is 29.1 Å². The van der Waals surface area contributed by atoms with E-state index in [1.54, 1.807) is 0 Å². The molecule has 2 aromatic carbocycles. The second-order valence-corrected chi connectivity index (χ2v) is 6.13. The molecule has 0 spiro atoms. The molecular formula is C17H17BrFNO. The standard InChI is InChI=1S/C17H17BrFNO/c1-10(2)13-6-4-5-11(3)16(13)20-17(21)12-7-8-15(19)14(18)9-12/h4-10H,1-3H3,(H,20,21). The molecule has 0 aliphatic heterocycles. The van der Waals surface area contributed by atoms with Gasteiger partial charge in [-0.1, -0.05) is 32.0 Å². The number of benzene rings is 2. The van der Waals surface area contributed by atoms with Crippen LogP contribution in [-0.2, 0) is 0 Å². The van der Waals surface area contributed by atoms with Gasteiger partial charge in [0.1, 0.15) is 5.82 Å². The Morgan fingerprint density at radius 2 is 1.95 bits per heavy atom. The van der Waals surface area contributed by atoms with Crippen molar-refractivity contribution in [3.05, 3.63) is 63.4 Å². The van der Waals surface area contributed by atoms with Gasteiger partial charge in [0.25, 0.3) is 5.91 Å². The Hall–Kier alpha value is -1.68. The summed E-state index contributed by atoms with van der Waals surface area (Å²) < 4.78 is 13.5. The third kappa shape index (κ3) is 3.50. The minimum atomic E-state index is -0.384. The highest BCUT2D eigenvalue weighted by atomic mass is 79.9. The summed E-state index contributed by atoms with van der Waals surface area (Å²) in [6.07, 6.45) is 0. The number of rotatable bonds is 3. The number of para-hydroxylation sites is 1. The fourth-order valence-corrected chi connectivity index (χ4v) is 2.54. The molecule has 1 amide bonds. The smallest absolute Gasteiger partial charge is 0.255 e. The number of nitrogens with one attached hydrogen (secondary N) is 1. The fourth-order valence-electron chi connectivity index (χ4n) is 2.17. The summed E-state index contributed by atoms with van der Waals surface area (Å²) in [4.78, 5) is 12.4. The van der Waals surface area contributed by atoms with Gasteiger partial charge in [0.05, 0.1) is 4.47 Å². The Kier molecular flexibility index (Phi) is 4.78. The first kappa shape index (κ1) is 15.7. The minimum Gasteiger partial charge on any atom is -0.321 e. The molecule has 2 aromatic rings. The lowest BCUT2D eigenvalue weighted by molar-refractivity contribution is 0.102. The summed E-state index contributed by atoms with van der Waals surface area (Å²) in [5, 5.41) is 2.94. The summed E-state index contributed by atoms with van der Waals surface area (Å²) in [5.41, 5.74) is 3.35. The Bertz CT molecular complexity index is 682. The molecular weight excluding hydrogens is 333 g/mol. The van der Waals surface area contributed by atoms with Crippen LogP contribution in [0, 0.1) is 12.7 Å². The summed E-state index contributed by atoms with van der Waals surface area (Å²) in [7, 11) is 0. The van der Waals surface area contributed by atoms with E-state index in [-0.39, 0.29) is 16.2 Å². The lowest BCUT2D eigenvalue weighted by atomic mass is 9.98. The molecule has 1 N–H and O–H groups in total. The first-order chi connectivity index (χ1) is 9.90. The van der Waals surface area contributed by atoms with Crippen LogP contribution < -0.4 is 5.32 Å². The molecule has 4 heteroatoms. The molecule has 0 fully saturated rings. The maximum absolute atomic E-state index is 13.2. The van der Waals surface area contributed by atoms with E-state index >= 15 is 0 Å². The molecule has 0 radical (unpaired) electrons. The average Bonchev–Trinajstić information content (AvgIpc) is 2.43. The molecule has 110 valence electrons. The SMILES string of the molecule is Cc1cccc(C(C)C)c1NC(=O)c1ccc(F)c(Br)c1. The Balaban J connectivity index is 2.33. The highest BCUT2D eigenvalue weighted by Crippen LogP contribution is 2.28. The van der Waals surface area contributed by atoms with Crippen LogP contribution in [0.2, 0.25) is 0 Å². The number of aryl methyl sites for hydroxylation is 1. The fraction of sp³-hybridized carbons (Fsp3) is 0.235. The van der Waals surface area contributed by atoms with Gasteiger partial charge in [-0.2, -0.15) is 0 Å². The van der Waals surface area contributed by atoms with Crippen molar-refractivity contribution in [3.8, 4) is 0 Å². The first-order valence-corrected chi connectivity index (χ1v) is 7.55. The second-order valence-electron chi connectivity index (χ2n) is 5.28. The Morgan fingerprint density at radius 1 is 1.24 bits per heavy atom. The summed E-state index contributed by atoms with van der Waals surface area (Å²) in [6.45, 7) is 6.12. The third-order valence-corrected chi connectivity index (χ3v) is 3.96. The number of halogens is 2. The number of carbonyl (C=O) groups excluding carboxylic acids is 1. The van der Waals surface area contributed by atoms with Gasteiger partial charge in [-0.15, -0.1) is 0 Å². The summed E-state index contributed by atoms with van der Waals surface area (Å²) in [5.74, 6) is -0.322. The monoisotopic (exact) mass is 349 g/mol. The maximum atomic E-state index is 13.2. The molecule has 0 aliphatic carbocycles. The van der Waals surface area contributed by atoms with Crippen LogP contribution in [0.1, 0.15) is 41.3 Å². The molecule has 0 aromatic heterocycles. The van der Waals surface area contributed by atoms with Crippen molar-refractivity contribution in [1.29, 1.82) is 0 Å². The lowest BCUT2D eigenvalue weighted by Crippen LogP contribution is -2.15. The molecule has 0 bridgehead atoms. The number of carbonyl (C=O) groups is 1. The quantitative estimate of drug-likeness (QED) is 0.803. The molecule has 0 saturated heterocycles. The van der Waals surface area contributed by atoms with Crippen LogP contribution >= 0.6 is 15.9 Å². The number of hydrogen-bond acceptors (Lipinski definition) is 1. The van der Waals surface area contributed by atoms with Crippen molar-refractivity contribution >= 4 is 27.5 Å². The van der Waals surface area contributed by atoms with Gasteiger partial charge in [-0.3, -0.25) is 4.79 Å². The zero-order valence-corrected chi connectivity index (χ0v) is 13.8. The van der Waals surface area contributed by atoms with E-state index in [2.05, 4.69) is 35.1 Å². The number of hydrogen-bond donors (Lipinski definition) is 1. The molecule has 0 unspecified atom stereocenters. The molecule has 0 heterocycles. The van der Waals surface area contributed by atoms with Crippen LogP contribution in [0.25, 0.3) is 0 Å². The van der Waals surface area contributed by atoms with Crippen LogP contribution in [0.15, 0.2) is 40.9 Å². The van der Waals surface area contributed by atoms with E-state index in [1.807, 2.05) is 25.1 Å². The summed E-state index contributed by atoms with van der Waals surface area (Å²) >= 11 is 3.10. The average molecular weight is 350 g/mol. The van der Waals surface area contributed by atoms with E-state index in [0.29, 0.717) is 11.5 Å². The van der Waals surface area contributed by atoms with E-state index < -0.39 is 0 Å².